The quantitative estimate of drug-likeness (QED) is 0.851. The molecule has 0 fully saturated rings. The molecule has 1 N–H and O–H groups in total. The smallest absolute Gasteiger partial charge is 0.134 e. The van der Waals surface area contributed by atoms with Gasteiger partial charge < -0.3 is 9.72 Å². The number of ether oxygens (including phenoxy) is 1. The predicted octanol–water partition coefficient (Wildman–Crippen LogP) is 3.09. The second-order valence-corrected chi connectivity index (χ2v) is 3.94. The Hall–Kier alpha value is -1.59. The van der Waals surface area contributed by atoms with E-state index < -0.39 is 0 Å². The normalized spacial score (nSPS) is 10.5. The zero-order chi connectivity index (χ0) is 12.3. The summed E-state index contributed by atoms with van der Waals surface area (Å²) in [4.78, 5) is 7.17. The maximum atomic E-state index is 13.1. The standard InChI is InChI=1S/C12H11FN2OS/c1-16-7-11-14-10(6-12(17)15-11)8-3-2-4-9(13)5-8/h2-6H,7H2,1H3,(H,14,15,17). The van der Waals surface area contributed by atoms with Crippen molar-refractivity contribution in [1.82, 2.24) is 9.97 Å². The summed E-state index contributed by atoms with van der Waals surface area (Å²) in [6.45, 7) is 0.340. The van der Waals surface area contributed by atoms with Crippen LogP contribution in [0.1, 0.15) is 5.82 Å². The Morgan fingerprint density at radius 2 is 2.24 bits per heavy atom. The highest BCUT2D eigenvalue weighted by molar-refractivity contribution is 7.71. The van der Waals surface area contributed by atoms with Gasteiger partial charge in [0.1, 0.15) is 22.9 Å². The van der Waals surface area contributed by atoms with Crippen LogP contribution in [0.3, 0.4) is 0 Å². The lowest BCUT2D eigenvalue weighted by Gasteiger charge is -2.05. The molecule has 5 heteroatoms. The minimum absolute atomic E-state index is 0.285. The fourth-order valence-electron chi connectivity index (χ4n) is 1.52. The molecule has 0 amide bonds. The highest BCUT2D eigenvalue weighted by atomic mass is 32.1. The first-order chi connectivity index (χ1) is 8.19. The average molecular weight is 250 g/mol. The second kappa shape index (κ2) is 5.16. The van der Waals surface area contributed by atoms with E-state index in [2.05, 4.69) is 9.97 Å². The van der Waals surface area contributed by atoms with Gasteiger partial charge in [-0.05, 0) is 18.2 Å². The van der Waals surface area contributed by atoms with E-state index >= 15 is 0 Å². The molecular formula is C12H11FN2OS. The van der Waals surface area contributed by atoms with E-state index in [-0.39, 0.29) is 5.82 Å². The van der Waals surface area contributed by atoms with E-state index in [1.54, 1.807) is 25.3 Å². The number of methoxy groups -OCH3 is 1. The van der Waals surface area contributed by atoms with Crippen LogP contribution in [0.15, 0.2) is 30.3 Å². The number of H-pyrrole nitrogens is 1. The third kappa shape index (κ3) is 2.95. The van der Waals surface area contributed by atoms with E-state index in [1.807, 2.05) is 0 Å². The number of benzene rings is 1. The van der Waals surface area contributed by atoms with Crippen molar-refractivity contribution < 1.29 is 9.13 Å². The van der Waals surface area contributed by atoms with Gasteiger partial charge >= 0.3 is 0 Å². The minimum atomic E-state index is -0.285. The van der Waals surface area contributed by atoms with Gasteiger partial charge in [0.25, 0.3) is 0 Å². The molecule has 1 heterocycles. The van der Waals surface area contributed by atoms with Crippen LogP contribution in [-0.2, 0) is 11.3 Å². The Kier molecular flexibility index (Phi) is 3.61. The van der Waals surface area contributed by atoms with Crippen molar-refractivity contribution in [2.45, 2.75) is 6.61 Å². The number of rotatable bonds is 3. The van der Waals surface area contributed by atoms with Crippen molar-refractivity contribution in [2.75, 3.05) is 7.11 Å². The summed E-state index contributed by atoms with van der Waals surface area (Å²) in [6.07, 6.45) is 0. The van der Waals surface area contributed by atoms with Crippen LogP contribution in [0, 0.1) is 10.5 Å². The van der Waals surface area contributed by atoms with Gasteiger partial charge in [0.15, 0.2) is 0 Å². The lowest BCUT2D eigenvalue weighted by Crippen LogP contribution is -1.98. The van der Waals surface area contributed by atoms with Gasteiger partial charge in [0.05, 0.1) is 0 Å². The molecule has 0 aliphatic rings. The summed E-state index contributed by atoms with van der Waals surface area (Å²) in [6, 6.07) is 7.99. The molecule has 0 radical (unpaired) electrons. The SMILES string of the molecule is COCc1nc(=S)cc(-c2cccc(F)c2)[nH]1. The number of hydrogen-bond donors (Lipinski definition) is 1. The maximum Gasteiger partial charge on any atom is 0.134 e. The molecule has 2 aromatic rings. The minimum Gasteiger partial charge on any atom is -0.377 e. The summed E-state index contributed by atoms with van der Waals surface area (Å²) >= 11 is 5.05. The van der Waals surface area contributed by atoms with Crippen LogP contribution in [0.25, 0.3) is 11.3 Å². The van der Waals surface area contributed by atoms with Gasteiger partial charge in [-0.2, -0.15) is 0 Å². The number of nitrogens with one attached hydrogen (secondary N) is 1. The fraction of sp³-hybridized carbons (Fsp3) is 0.167. The average Bonchev–Trinajstić information content (AvgIpc) is 2.28. The third-order valence-corrected chi connectivity index (χ3v) is 2.42. The first-order valence-electron chi connectivity index (χ1n) is 5.04. The molecule has 0 aliphatic heterocycles. The van der Waals surface area contributed by atoms with Crippen molar-refractivity contribution in [3.05, 3.63) is 46.6 Å². The summed E-state index contributed by atoms with van der Waals surface area (Å²) < 4.78 is 18.6. The van der Waals surface area contributed by atoms with Crippen LogP contribution < -0.4 is 0 Å². The molecule has 0 saturated carbocycles. The topological polar surface area (TPSA) is 37.9 Å². The van der Waals surface area contributed by atoms with Crippen molar-refractivity contribution in [1.29, 1.82) is 0 Å². The van der Waals surface area contributed by atoms with E-state index in [0.717, 1.165) is 11.3 Å². The van der Waals surface area contributed by atoms with E-state index in [1.165, 1.54) is 12.1 Å². The zero-order valence-electron chi connectivity index (χ0n) is 9.24. The Balaban J connectivity index is 2.48. The van der Waals surface area contributed by atoms with Crippen molar-refractivity contribution in [2.24, 2.45) is 0 Å². The molecular weight excluding hydrogens is 239 g/mol. The Morgan fingerprint density at radius 3 is 2.94 bits per heavy atom. The first-order valence-corrected chi connectivity index (χ1v) is 5.45. The molecule has 0 saturated heterocycles. The van der Waals surface area contributed by atoms with Crippen LogP contribution in [0.5, 0.6) is 0 Å². The van der Waals surface area contributed by atoms with E-state index in [4.69, 9.17) is 17.0 Å². The van der Waals surface area contributed by atoms with Gasteiger partial charge in [-0.1, -0.05) is 24.4 Å². The molecule has 1 aromatic heterocycles. The molecule has 88 valence electrons. The molecule has 17 heavy (non-hydrogen) atoms. The monoisotopic (exact) mass is 250 g/mol. The molecule has 1 aromatic carbocycles. The highest BCUT2D eigenvalue weighted by Gasteiger charge is 2.02. The van der Waals surface area contributed by atoms with E-state index in [9.17, 15) is 4.39 Å². The molecule has 0 atom stereocenters. The van der Waals surface area contributed by atoms with Gasteiger partial charge in [-0.3, -0.25) is 0 Å². The van der Waals surface area contributed by atoms with Crippen LogP contribution >= 0.6 is 12.2 Å². The lowest BCUT2D eigenvalue weighted by molar-refractivity contribution is 0.177. The van der Waals surface area contributed by atoms with Crippen molar-refractivity contribution >= 4 is 12.2 Å². The molecule has 0 bridgehead atoms. The van der Waals surface area contributed by atoms with Gasteiger partial charge in [0, 0.05) is 18.4 Å². The molecule has 0 unspecified atom stereocenters. The largest absolute Gasteiger partial charge is 0.377 e. The third-order valence-electron chi connectivity index (χ3n) is 2.21. The number of nitrogens with zero attached hydrogens (tertiary/aromatic N) is 1. The summed E-state index contributed by atoms with van der Waals surface area (Å²) in [7, 11) is 1.58. The molecule has 3 nitrogen and oxygen atoms in total. The molecule has 2 rings (SSSR count). The lowest BCUT2D eigenvalue weighted by atomic mass is 10.1. The zero-order valence-corrected chi connectivity index (χ0v) is 10.1. The highest BCUT2D eigenvalue weighted by Crippen LogP contribution is 2.18. The van der Waals surface area contributed by atoms with Crippen molar-refractivity contribution in [3.8, 4) is 11.3 Å². The van der Waals surface area contributed by atoms with E-state index in [0.29, 0.717) is 17.1 Å². The first kappa shape index (κ1) is 11.9. The predicted molar refractivity (Wildman–Crippen MR) is 65.5 cm³/mol. The Morgan fingerprint density at radius 1 is 1.41 bits per heavy atom. The fourth-order valence-corrected chi connectivity index (χ4v) is 1.75. The number of aromatic amines is 1. The molecule has 0 spiro atoms. The van der Waals surface area contributed by atoms with Gasteiger partial charge in [0.2, 0.25) is 0 Å². The maximum absolute atomic E-state index is 13.1. The number of hydrogen-bond acceptors (Lipinski definition) is 3. The summed E-state index contributed by atoms with van der Waals surface area (Å²) in [5.41, 5.74) is 1.47. The van der Waals surface area contributed by atoms with Gasteiger partial charge in [-0.15, -0.1) is 0 Å². The van der Waals surface area contributed by atoms with Gasteiger partial charge in [-0.25, -0.2) is 9.37 Å². The second-order valence-electron chi connectivity index (χ2n) is 3.52. The molecule has 0 aliphatic carbocycles. The summed E-state index contributed by atoms with van der Waals surface area (Å²) in [5.74, 6) is 0.339. The Bertz CT molecular complexity index is 583. The summed E-state index contributed by atoms with van der Waals surface area (Å²) in [5, 5.41) is 0. The number of halogens is 1. The Labute approximate surface area is 103 Å². The number of aromatic nitrogens is 2. The van der Waals surface area contributed by atoms with Crippen LogP contribution in [-0.4, -0.2) is 17.1 Å². The van der Waals surface area contributed by atoms with Crippen LogP contribution in [0.4, 0.5) is 4.39 Å². The van der Waals surface area contributed by atoms with Crippen LogP contribution in [0.2, 0.25) is 0 Å². The van der Waals surface area contributed by atoms with Crippen molar-refractivity contribution in [3.63, 3.8) is 0 Å².